The summed E-state index contributed by atoms with van der Waals surface area (Å²) < 4.78 is 5.50. The Morgan fingerprint density at radius 3 is 2.90 bits per heavy atom. The normalized spacial score (nSPS) is 18.3. The van der Waals surface area contributed by atoms with E-state index in [9.17, 15) is 4.79 Å². The number of carbonyl (C=O) groups is 1. The lowest BCUT2D eigenvalue weighted by Crippen LogP contribution is -2.35. The minimum atomic E-state index is -0.156. The van der Waals surface area contributed by atoms with Crippen molar-refractivity contribution in [2.24, 2.45) is 0 Å². The Labute approximate surface area is 120 Å². The fraction of sp³-hybridized carbons (Fsp3) is 0.562. The van der Waals surface area contributed by atoms with Crippen molar-refractivity contribution in [2.75, 3.05) is 18.5 Å². The van der Waals surface area contributed by atoms with Gasteiger partial charge in [0.05, 0.1) is 6.10 Å². The zero-order valence-electron chi connectivity index (χ0n) is 12.5. The van der Waals surface area contributed by atoms with Crippen molar-refractivity contribution < 1.29 is 9.53 Å². The number of carbonyl (C=O) groups excluding carboxylic acids is 1. The molecule has 1 unspecified atom stereocenters. The SMILES string of the molecule is Cc1cccc(C(C)C)c1NC(=O)NCC1CCCO1. The van der Waals surface area contributed by atoms with Crippen LogP contribution in [0, 0.1) is 6.92 Å². The van der Waals surface area contributed by atoms with E-state index in [1.807, 2.05) is 19.1 Å². The molecule has 1 heterocycles. The molecule has 0 saturated carbocycles. The van der Waals surface area contributed by atoms with Gasteiger partial charge in [0.15, 0.2) is 0 Å². The van der Waals surface area contributed by atoms with Gasteiger partial charge >= 0.3 is 6.03 Å². The van der Waals surface area contributed by atoms with Crippen LogP contribution < -0.4 is 10.6 Å². The lowest BCUT2D eigenvalue weighted by Gasteiger charge is -2.17. The molecule has 1 aliphatic heterocycles. The quantitative estimate of drug-likeness (QED) is 0.885. The third-order valence-electron chi connectivity index (χ3n) is 3.68. The molecule has 20 heavy (non-hydrogen) atoms. The average Bonchev–Trinajstić information content (AvgIpc) is 2.91. The van der Waals surface area contributed by atoms with E-state index in [-0.39, 0.29) is 12.1 Å². The minimum absolute atomic E-state index is 0.156. The predicted molar refractivity (Wildman–Crippen MR) is 81.3 cm³/mol. The van der Waals surface area contributed by atoms with Crippen LogP contribution in [-0.4, -0.2) is 25.3 Å². The first-order chi connectivity index (χ1) is 9.58. The van der Waals surface area contributed by atoms with Crippen LogP contribution in [0.25, 0.3) is 0 Å². The van der Waals surface area contributed by atoms with Gasteiger partial charge in [-0.1, -0.05) is 32.0 Å². The summed E-state index contributed by atoms with van der Waals surface area (Å²) in [5.74, 6) is 0.378. The molecular formula is C16H24N2O2. The Morgan fingerprint density at radius 2 is 2.25 bits per heavy atom. The Morgan fingerprint density at radius 1 is 1.45 bits per heavy atom. The standard InChI is InChI=1S/C16H24N2O2/c1-11(2)14-8-4-6-12(3)15(14)18-16(19)17-10-13-7-5-9-20-13/h4,6,8,11,13H,5,7,9-10H2,1-3H3,(H2,17,18,19). The maximum atomic E-state index is 12.0. The molecule has 2 amide bonds. The van der Waals surface area contributed by atoms with E-state index >= 15 is 0 Å². The molecule has 1 aromatic carbocycles. The van der Waals surface area contributed by atoms with Gasteiger partial charge in [-0.2, -0.15) is 0 Å². The summed E-state index contributed by atoms with van der Waals surface area (Å²) in [6, 6.07) is 5.95. The average molecular weight is 276 g/mol. The highest BCUT2D eigenvalue weighted by Crippen LogP contribution is 2.27. The third kappa shape index (κ3) is 3.73. The number of ether oxygens (including phenoxy) is 1. The fourth-order valence-electron chi connectivity index (χ4n) is 2.51. The lowest BCUT2D eigenvalue weighted by atomic mass is 9.98. The second kappa shape index (κ2) is 6.75. The third-order valence-corrected chi connectivity index (χ3v) is 3.68. The molecule has 110 valence electrons. The summed E-state index contributed by atoms with van der Waals surface area (Å²) in [5, 5.41) is 5.87. The Balaban J connectivity index is 1.96. The number of hydrogen-bond donors (Lipinski definition) is 2. The molecular weight excluding hydrogens is 252 g/mol. The van der Waals surface area contributed by atoms with Crippen LogP contribution >= 0.6 is 0 Å². The number of hydrogen-bond acceptors (Lipinski definition) is 2. The van der Waals surface area contributed by atoms with Crippen molar-refractivity contribution in [3.63, 3.8) is 0 Å². The number of anilines is 1. The van der Waals surface area contributed by atoms with Crippen molar-refractivity contribution in [3.05, 3.63) is 29.3 Å². The van der Waals surface area contributed by atoms with E-state index in [1.165, 1.54) is 0 Å². The number of aryl methyl sites for hydroxylation is 1. The first kappa shape index (κ1) is 14.9. The lowest BCUT2D eigenvalue weighted by molar-refractivity contribution is 0.112. The van der Waals surface area contributed by atoms with Crippen molar-refractivity contribution >= 4 is 11.7 Å². The summed E-state index contributed by atoms with van der Waals surface area (Å²) in [6.07, 6.45) is 2.28. The van der Waals surface area contributed by atoms with Crippen molar-refractivity contribution in [3.8, 4) is 0 Å². The Hall–Kier alpha value is -1.55. The van der Waals surface area contributed by atoms with E-state index in [4.69, 9.17) is 4.74 Å². The number of urea groups is 1. The van der Waals surface area contributed by atoms with Gasteiger partial charge in [-0.25, -0.2) is 4.79 Å². The molecule has 0 radical (unpaired) electrons. The van der Waals surface area contributed by atoms with Crippen LogP contribution in [0.15, 0.2) is 18.2 Å². The zero-order chi connectivity index (χ0) is 14.5. The summed E-state index contributed by atoms with van der Waals surface area (Å²) in [4.78, 5) is 12.0. The second-order valence-corrected chi connectivity index (χ2v) is 5.66. The Bertz CT molecular complexity index is 466. The van der Waals surface area contributed by atoms with Gasteiger partial charge < -0.3 is 15.4 Å². The molecule has 1 fully saturated rings. The van der Waals surface area contributed by atoms with Gasteiger partial charge in [-0.05, 0) is 36.8 Å². The number of amides is 2. The smallest absolute Gasteiger partial charge is 0.319 e. The highest BCUT2D eigenvalue weighted by Gasteiger charge is 2.17. The summed E-state index contributed by atoms with van der Waals surface area (Å²) in [7, 11) is 0. The minimum Gasteiger partial charge on any atom is -0.376 e. The van der Waals surface area contributed by atoms with Crippen LogP contribution in [0.4, 0.5) is 10.5 Å². The van der Waals surface area contributed by atoms with E-state index < -0.39 is 0 Å². The van der Waals surface area contributed by atoms with Gasteiger partial charge in [-0.3, -0.25) is 0 Å². The first-order valence-electron chi connectivity index (χ1n) is 7.34. The van der Waals surface area contributed by atoms with Crippen LogP contribution in [0.5, 0.6) is 0 Å². The largest absolute Gasteiger partial charge is 0.376 e. The first-order valence-corrected chi connectivity index (χ1v) is 7.34. The highest BCUT2D eigenvalue weighted by molar-refractivity contribution is 5.91. The van der Waals surface area contributed by atoms with Gasteiger partial charge in [-0.15, -0.1) is 0 Å². The van der Waals surface area contributed by atoms with E-state index in [0.717, 1.165) is 36.3 Å². The van der Waals surface area contributed by atoms with Gasteiger partial charge in [0.25, 0.3) is 0 Å². The topological polar surface area (TPSA) is 50.4 Å². The molecule has 1 aromatic rings. The molecule has 1 saturated heterocycles. The van der Waals surface area contributed by atoms with Gasteiger partial charge in [0.1, 0.15) is 0 Å². The van der Waals surface area contributed by atoms with Crippen molar-refractivity contribution in [1.29, 1.82) is 0 Å². The molecule has 2 N–H and O–H groups in total. The number of nitrogens with one attached hydrogen (secondary N) is 2. The number of para-hydroxylation sites is 1. The molecule has 1 atom stereocenters. The van der Waals surface area contributed by atoms with Gasteiger partial charge in [0.2, 0.25) is 0 Å². The molecule has 0 spiro atoms. The van der Waals surface area contributed by atoms with Gasteiger partial charge in [0, 0.05) is 18.8 Å². The molecule has 0 aliphatic carbocycles. The van der Waals surface area contributed by atoms with Crippen molar-refractivity contribution in [1.82, 2.24) is 5.32 Å². The number of rotatable bonds is 4. The van der Waals surface area contributed by atoms with E-state index in [2.05, 4.69) is 30.5 Å². The van der Waals surface area contributed by atoms with E-state index in [1.54, 1.807) is 0 Å². The van der Waals surface area contributed by atoms with E-state index in [0.29, 0.717) is 12.5 Å². The van der Waals surface area contributed by atoms with Crippen LogP contribution in [0.3, 0.4) is 0 Å². The molecule has 0 bridgehead atoms. The fourth-order valence-corrected chi connectivity index (χ4v) is 2.51. The molecule has 1 aliphatic rings. The molecule has 0 aromatic heterocycles. The van der Waals surface area contributed by atoms with Crippen molar-refractivity contribution in [2.45, 2.75) is 45.6 Å². The zero-order valence-corrected chi connectivity index (χ0v) is 12.5. The monoisotopic (exact) mass is 276 g/mol. The number of benzene rings is 1. The summed E-state index contributed by atoms with van der Waals surface area (Å²) in [5.41, 5.74) is 3.17. The van der Waals surface area contributed by atoms with Crippen LogP contribution in [0.1, 0.15) is 43.7 Å². The highest BCUT2D eigenvalue weighted by atomic mass is 16.5. The molecule has 2 rings (SSSR count). The summed E-state index contributed by atoms with van der Waals surface area (Å²) in [6.45, 7) is 7.66. The maximum absolute atomic E-state index is 12.0. The summed E-state index contributed by atoms with van der Waals surface area (Å²) >= 11 is 0. The molecule has 4 heteroatoms. The Kier molecular flexibility index (Phi) is 5.01. The van der Waals surface area contributed by atoms with Crippen LogP contribution in [0.2, 0.25) is 0 Å². The van der Waals surface area contributed by atoms with Crippen LogP contribution in [-0.2, 0) is 4.74 Å². The maximum Gasteiger partial charge on any atom is 0.319 e. The molecule has 4 nitrogen and oxygen atoms in total. The predicted octanol–water partition coefficient (Wildman–Crippen LogP) is 3.42. The second-order valence-electron chi connectivity index (χ2n) is 5.66.